The van der Waals surface area contributed by atoms with E-state index in [-0.39, 0.29) is 5.75 Å². The maximum Gasteiger partial charge on any atom is 0.195 e. The molecule has 0 radical (unpaired) electrons. The van der Waals surface area contributed by atoms with Gasteiger partial charge in [-0.3, -0.25) is 0 Å². The van der Waals surface area contributed by atoms with Crippen LogP contribution in [0.15, 0.2) is 45.3 Å². The van der Waals surface area contributed by atoms with Gasteiger partial charge in [0.05, 0.1) is 4.47 Å². The number of anilines is 1. The smallest absolute Gasteiger partial charge is 0.195 e. The van der Waals surface area contributed by atoms with Crippen LogP contribution in [0.5, 0.6) is 5.75 Å². The number of aromatic nitrogens is 1. The molecule has 108 valence electrons. The molecule has 3 aromatic rings. The molecule has 0 spiro atoms. The van der Waals surface area contributed by atoms with E-state index in [2.05, 4.69) is 26.2 Å². The number of phenolic OH excluding ortho intramolecular Hbond substituents is 1. The van der Waals surface area contributed by atoms with Gasteiger partial charge in [0.25, 0.3) is 0 Å². The molecular weight excluding hydrogens is 332 g/mol. The molecule has 0 amide bonds. The van der Waals surface area contributed by atoms with Crippen LogP contribution in [0.3, 0.4) is 0 Å². The van der Waals surface area contributed by atoms with E-state index in [9.17, 15) is 5.11 Å². The van der Waals surface area contributed by atoms with Crippen molar-refractivity contribution >= 4 is 32.7 Å². The molecule has 2 aromatic carbocycles. The van der Waals surface area contributed by atoms with Gasteiger partial charge < -0.3 is 14.8 Å². The fraction of sp³-hybridized carbons (Fsp3) is 0.188. The van der Waals surface area contributed by atoms with Gasteiger partial charge in [0, 0.05) is 24.2 Å². The van der Waals surface area contributed by atoms with Crippen molar-refractivity contribution < 1.29 is 9.52 Å². The van der Waals surface area contributed by atoms with E-state index >= 15 is 0 Å². The van der Waals surface area contributed by atoms with Gasteiger partial charge in [-0.2, -0.15) is 0 Å². The van der Waals surface area contributed by atoms with Gasteiger partial charge in [-0.05, 0) is 40.2 Å². The Balaban J connectivity index is 1.80. The Morgan fingerprint density at radius 3 is 2.95 bits per heavy atom. The molecule has 1 aromatic heterocycles. The summed E-state index contributed by atoms with van der Waals surface area (Å²) >= 11 is 3.32. The highest BCUT2D eigenvalue weighted by Gasteiger charge is 2.07. The molecule has 5 heteroatoms. The molecule has 21 heavy (non-hydrogen) atoms. The number of aryl methyl sites for hydroxylation is 1. The first-order valence-corrected chi connectivity index (χ1v) is 7.56. The van der Waals surface area contributed by atoms with Crippen LogP contribution >= 0.6 is 15.9 Å². The molecule has 4 nitrogen and oxygen atoms in total. The van der Waals surface area contributed by atoms with Crippen molar-refractivity contribution in [1.82, 2.24) is 4.98 Å². The molecule has 3 rings (SSSR count). The number of para-hydroxylation sites is 1. The highest BCUT2D eigenvalue weighted by atomic mass is 79.9. The molecule has 0 saturated carbocycles. The number of fused-ring (bicyclic) bond motifs is 1. The van der Waals surface area contributed by atoms with Crippen LogP contribution in [-0.4, -0.2) is 10.1 Å². The highest BCUT2D eigenvalue weighted by molar-refractivity contribution is 9.10. The van der Waals surface area contributed by atoms with E-state index < -0.39 is 0 Å². The van der Waals surface area contributed by atoms with E-state index in [1.807, 2.05) is 43.3 Å². The van der Waals surface area contributed by atoms with Crippen LogP contribution < -0.4 is 5.32 Å². The number of rotatable bonds is 4. The molecule has 0 aliphatic rings. The van der Waals surface area contributed by atoms with Crippen LogP contribution in [0.4, 0.5) is 5.69 Å². The normalized spacial score (nSPS) is 11.0. The summed E-state index contributed by atoms with van der Waals surface area (Å²) in [5.41, 5.74) is 3.41. The zero-order valence-corrected chi connectivity index (χ0v) is 13.1. The average Bonchev–Trinajstić information content (AvgIpc) is 2.91. The number of oxazole rings is 1. The Hall–Kier alpha value is -2.01. The quantitative estimate of drug-likeness (QED) is 0.731. The maximum absolute atomic E-state index is 9.97. The van der Waals surface area contributed by atoms with Gasteiger partial charge in [0.2, 0.25) is 0 Å². The second kappa shape index (κ2) is 5.77. The summed E-state index contributed by atoms with van der Waals surface area (Å²) in [5, 5.41) is 13.3. The number of aromatic hydroxyl groups is 1. The molecule has 0 saturated heterocycles. The summed E-state index contributed by atoms with van der Waals surface area (Å²) in [6, 6.07) is 11.4. The van der Waals surface area contributed by atoms with Crippen LogP contribution in [0.25, 0.3) is 11.1 Å². The lowest BCUT2D eigenvalue weighted by atomic mass is 10.2. The van der Waals surface area contributed by atoms with Gasteiger partial charge in [-0.1, -0.05) is 19.1 Å². The molecular formula is C16H15BrN2O2. The minimum Gasteiger partial charge on any atom is -0.506 e. The number of halogens is 1. The van der Waals surface area contributed by atoms with E-state index in [1.54, 1.807) is 0 Å². The number of phenols is 1. The van der Waals surface area contributed by atoms with E-state index in [1.165, 1.54) is 0 Å². The molecule has 0 fully saturated rings. The van der Waals surface area contributed by atoms with E-state index in [0.29, 0.717) is 11.0 Å². The van der Waals surface area contributed by atoms with Crippen molar-refractivity contribution in [3.8, 4) is 5.75 Å². The Morgan fingerprint density at radius 2 is 2.14 bits per heavy atom. The third-order valence-electron chi connectivity index (χ3n) is 3.29. The molecule has 1 heterocycles. The average molecular weight is 347 g/mol. The summed E-state index contributed by atoms with van der Waals surface area (Å²) in [5.74, 6) is 1.01. The van der Waals surface area contributed by atoms with Gasteiger partial charge in [0.1, 0.15) is 11.3 Å². The summed E-state index contributed by atoms with van der Waals surface area (Å²) in [7, 11) is 0. The standard InChI is InChI=1S/C16H15BrN2O2/c1-2-15-19-13-8-11(6-7-14(13)21-15)18-9-10-4-3-5-12(17)16(10)20/h3-8,18,20H,2,9H2,1H3. The van der Waals surface area contributed by atoms with Gasteiger partial charge in [-0.25, -0.2) is 4.98 Å². The summed E-state index contributed by atoms with van der Waals surface area (Å²) in [4.78, 5) is 4.41. The van der Waals surface area contributed by atoms with Gasteiger partial charge >= 0.3 is 0 Å². The van der Waals surface area contributed by atoms with Crippen LogP contribution in [0.1, 0.15) is 18.4 Å². The molecule has 0 unspecified atom stereocenters. The lowest BCUT2D eigenvalue weighted by Crippen LogP contribution is -1.99. The topological polar surface area (TPSA) is 58.3 Å². The van der Waals surface area contributed by atoms with E-state index in [0.717, 1.165) is 34.7 Å². The number of nitrogens with zero attached hydrogens (tertiary/aromatic N) is 1. The molecule has 2 N–H and O–H groups in total. The van der Waals surface area contributed by atoms with Crippen molar-refractivity contribution in [1.29, 1.82) is 0 Å². The fourth-order valence-electron chi connectivity index (χ4n) is 2.14. The first-order chi connectivity index (χ1) is 10.2. The van der Waals surface area contributed by atoms with Crippen molar-refractivity contribution in [3.05, 3.63) is 52.3 Å². The Bertz CT molecular complexity index is 783. The van der Waals surface area contributed by atoms with Crippen LogP contribution in [0, 0.1) is 0 Å². The Kier molecular flexibility index (Phi) is 3.84. The van der Waals surface area contributed by atoms with Crippen LogP contribution in [0.2, 0.25) is 0 Å². The first-order valence-electron chi connectivity index (χ1n) is 6.77. The number of benzene rings is 2. The lowest BCUT2D eigenvalue weighted by molar-refractivity contribution is 0.465. The first kappa shape index (κ1) is 13.9. The van der Waals surface area contributed by atoms with Gasteiger partial charge in [-0.15, -0.1) is 0 Å². The fourth-order valence-corrected chi connectivity index (χ4v) is 2.54. The second-order valence-corrected chi connectivity index (χ2v) is 5.60. The van der Waals surface area contributed by atoms with Crippen molar-refractivity contribution in [3.63, 3.8) is 0 Å². The third-order valence-corrected chi connectivity index (χ3v) is 3.93. The van der Waals surface area contributed by atoms with E-state index in [4.69, 9.17) is 4.42 Å². The van der Waals surface area contributed by atoms with Crippen molar-refractivity contribution in [2.24, 2.45) is 0 Å². The number of hydrogen-bond acceptors (Lipinski definition) is 4. The number of nitrogens with one attached hydrogen (secondary N) is 1. The number of hydrogen-bond donors (Lipinski definition) is 2. The third kappa shape index (κ3) is 2.88. The predicted molar refractivity (Wildman–Crippen MR) is 86.5 cm³/mol. The SMILES string of the molecule is CCc1nc2cc(NCc3cccc(Br)c3O)ccc2o1. The molecule has 0 atom stereocenters. The minimum atomic E-state index is 0.265. The highest BCUT2D eigenvalue weighted by Crippen LogP contribution is 2.28. The summed E-state index contributed by atoms with van der Waals surface area (Å²) < 4.78 is 6.28. The van der Waals surface area contributed by atoms with Crippen molar-refractivity contribution in [2.45, 2.75) is 19.9 Å². The zero-order valence-electron chi connectivity index (χ0n) is 11.6. The Labute approximate surface area is 130 Å². The monoisotopic (exact) mass is 346 g/mol. The van der Waals surface area contributed by atoms with Crippen molar-refractivity contribution in [2.75, 3.05) is 5.32 Å². The maximum atomic E-state index is 9.97. The van der Waals surface area contributed by atoms with Crippen LogP contribution in [-0.2, 0) is 13.0 Å². The molecule has 0 bridgehead atoms. The molecule has 0 aliphatic heterocycles. The summed E-state index contributed by atoms with van der Waals surface area (Å²) in [6.45, 7) is 2.55. The molecule has 0 aliphatic carbocycles. The minimum absolute atomic E-state index is 0.265. The zero-order chi connectivity index (χ0) is 14.8. The Morgan fingerprint density at radius 1 is 1.29 bits per heavy atom. The predicted octanol–water partition coefficient (Wildman–Crippen LogP) is 4.47. The lowest BCUT2D eigenvalue weighted by Gasteiger charge is -2.09. The van der Waals surface area contributed by atoms with Gasteiger partial charge in [0.15, 0.2) is 11.5 Å². The summed E-state index contributed by atoms with van der Waals surface area (Å²) in [6.07, 6.45) is 0.781. The second-order valence-electron chi connectivity index (χ2n) is 4.74. The largest absolute Gasteiger partial charge is 0.506 e.